The summed E-state index contributed by atoms with van der Waals surface area (Å²) < 4.78 is 0. The molecule has 0 fully saturated rings. The van der Waals surface area contributed by atoms with E-state index in [9.17, 15) is 15.2 Å². The zero-order valence-corrected chi connectivity index (χ0v) is 15.0. The number of hydrogen-bond donors (Lipinski definition) is 2. The average molecular weight is 365 g/mol. The van der Waals surface area contributed by atoms with Crippen molar-refractivity contribution < 1.29 is 10.0 Å². The molecular weight excluding hydrogens is 346 g/mol. The molecule has 0 spiro atoms. The van der Waals surface area contributed by atoms with Crippen LogP contribution >= 0.6 is 0 Å². The minimum absolute atomic E-state index is 0.0458. The molecule has 0 saturated heterocycles. The Bertz CT molecular complexity index is 1050. The number of benzene rings is 3. The number of fused-ring (bicyclic) bond motifs is 1. The van der Waals surface area contributed by atoms with Crippen LogP contribution in [0.1, 0.15) is 5.56 Å². The van der Waals surface area contributed by atoms with Gasteiger partial charge in [-0.1, -0.05) is 24.3 Å². The third kappa shape index (κ3) is 3.85. The Labute approximate surface area is 155 Å². The monoisotopic (exact) mass is 365 g/mol. The van der Waals surface area contributed by atoms with E-state index in [2.05, 4.69) is 10.2 Å². The Kier molecular flexibility index (Phi) is 5.00. The molecule has 0 bridgehead atoms. The second-order valence-corrected chi connectivity index (χ2v) is 6.39. The lowest BCUT2D eigenvalue weighted by Crippen LogP contribution is -2.10. The molecule has 0 saturated carbocycles. The molecule has 0 atom stereocenters. The second-order valence-electron chi connectivity index (χ2n) is 6.39. The van der Waals surface area contributed by atoms with Gasteiger partial charge in [0.15, 0.2) is 5.69 Å². The number of phenolic OH excluding ortho intramolecular Hbond substituents is 1. The highest BCUT2D eigenvalue weighted by molar-refractivity contribution is 5.97. The first-order chi connectivity index (χ1) is 12.9. The maximum absolute atomic E-state index is 11.2. The maximum atomic E-state index is 11.2. The van der Waals surface area contributed by atoms with E-state index in [1.54, 1.807) is 6.07 Å². The molecule has 8 heteroatoms. The number of nitro groups is 1. The number of aromatic hydroxyl groups is 1. The van der Waals surface area contributed by atoms with Gasteiger partial charge in [-0.3, -0.25) is 10.1 Å². The first-order valence-electron chi connectivity index (χ1n) is 8.21. The summed E-state index contributed by atoms with van der Waals surface area (Å²) in [6.07, 6.45) is 0. The average Bonchev–Trinajstić information content (AvgIpc) is 2.61. The zero-order chi connectivity index (χ0) is 19.6. The number of anilines is 1. The number of phenols is 1. The standard InChI is InChI=1S/C19H19N5O3/c1-23(2)11-13-5-3-4-12-6-9-17(25)19(18(12)13)22-21-15-8-7-14(20)10-16(15)24(26)27/h3-10,25H,11,20H2,1-2H3. The van der Waals surface area contributed by atoms with Crippen LogP contribution in [0.15, 0.2) is 58.8 Å². The van der Waals surface area contributed by atoms with E-state index < -0.39 is 4.92 Å². The van der Waals surface area contributed by atoms with Crippen LogP contribution in [-0.2, 0) is 6.54 Å². The van der Waals surface area contributed by atoms with E-state index in [1.807, 2.05) is 37.2 Å². The van der Waals surface area contributed by atoms with Crippen molar-refractivity contribution in [2.45, 2.75) is 6.54 Å². The van der Waals surface area contributed by atoms with Crippen molar-refractivity contribution in [3.63, 3.8) is 0 Å². The minimum atomic E-state index is -0.564. The largest absolute Gasteiger partial charge is 0.506 e. The fourth-order valence-corrected chi connectivity index (χ4v) is 2.87. The van der Waals surface area contributed by atoms with E-state index in [0.717, 1.165) is 16.3 Å². The summed E-state index contributed by atoms with van der Waals surface area (Å²) in [4.78, 5) is 12.7. The van der Waals surface area contributed by atoms with E-state index in [1.165, 1.54) is 24.3 Å². The van der Waals surface area contributed by atoms with Gasteiger partial charge in [-0.2, -0.15) is 0 Å². The SMILES string of the molecule is CN(C)Cc1cccc2ccc(O)c(N=Nc3ccc(N)cc3[N+](=O)[O-])c12. The Morgan fingerprint density at radius 1 is 1.15 bits per heavy atom. The van der Waals surface area contributed by atoms with E-state index in [0.29, 0.717) is 6.54 Å². The predicted molar refractivity (Wildman–Crippen MR) is 105 cm³/mol. The molecule has 0 amide bonds. The Morgan fingerprint density at radius 2 is 1.93 bits per heavy atom. The van der Waals surface area contributed by atoms with Crippen molar-refractivity contribution in [3.05, 3.63) is 64.2 Å². The summed E-state index contributed by atoms with van der Waals surface area (Å²) in [5, 5.41) is 31.4. The van der Waals surface area contributed by atoms with Crippen LogP contribution in [0.25, 0.3) is 10.8 Å². The van der Waals surface area contributed by atoms with Gasteiger partial charge in [0.05, 0.1) is 4.92 Å². The van der Waals surface area contributed by atoms with Gasteiger partial charge in [0.1, 0.15) is 11.4 Å². The maximum Gasteiger partial charge on any atom is 0.298 e. The smallest absolute Gasteiger partial charge is 0.298 e. The molecule has 27 heavy (non-hydrogen) atoms. The highest BCUT2D eigenvalue weighted by Crippen LogP contribution is 2.39. The van der Waals surface area contributed by atoms with Crippen molar-refractivity contribution >= 4 is 33.5 Å². The molecule has 0 heterocycles. The van der Waals surface area contributed by atoms with Crippen molar-refractivity contribution in [3.8, 4) is 5.75 Å². The second kappa shape index (κ2) is 7.38. The lowest BCUT2D eigenvalue weighted by atomic mass is 10.0. The normalized spacial score (nSPS) is 11.5. The highest BCUT2D eigenvalue weighted by Gasteiger charge is 2.15. The summed E-state index contributed by atoms with van der Waals surface area (Å²) in [5.41, 5.74) is 6.94. The van der Waals surface area contributed by atoms with Crippen LogP contribution in [0.2, 0.25) is 0 Å². The molecule has 0 radical (unpaired) electrons. The molecule has 3 aromatic carbocycles. The van der Waals surface area contributed by atoms with E-state index in [-0.39, 0.29) is 28.5 Å². The van der Waals surface area contributed by atoms with E-state index in [4.69, 9.17) is 5.73 Å². The summed E-state index contributed by atoms with van der Waals surface area (Å²) in [6, 6.07) is 13.3. The molecule has 0 aliphatic rings. The highest BCUT2D eigenvalue weighted by atomic mass is 16.6. The van der Waals surface area contributed by atoms with Crippen LogP contribution < -0.4 is 5.73 Å². The van der Waals surface area contributed by atoms with E-state index >= 15 is 0 Å². The molecule has 3 rings (SSSR count). The van der Waals surface area contributed by atoms with Gasteiger partial charge in [0.25, 0.3) is 5.69 Å². The zero-order valence-electron chi connectivity index (χ0n) is 15.0. The first kappa shape index (κ1) is 18.3. The van der Waals surface area contributed by atoms with Crippen molar-refractivity contribution in [2.75, 3.05) is 19.8 Å². The van der Waals surface area contributed by atoms with Crippen LogP contribution in [0.4, 0.5) is 22.7 Å². The summed E-state index contributed by atoms with van der Waals surface area (Å²) >= 11 is 0. The summed E-state index contributed by atoms with van der Waals surface area (Å²) in [6.45, 7) is 0.644. The molecular formula is C19H19N5O3. The minimum Gasteiger partial charge on any atom is -0.506 e. The van der Waals surface area contributed by atoms with Crippen LogP contribution in [-0.4, -0.2) is 29.0 Å². The fourth-order valence-electron chi connectivity index (χ4n) is 2.87. The summed E-state index contributed by atoms with van der Waals surface area (Å²) in [7, 11) is 3.89. The predicted octanol–water partition coefficient (Wildman–Crippen LogP) is 4.51. The van der Waals surface area contributed by atoms with Gasteiger partial charge in [-0.15, -0.1) is 10.2 Å². The Morgan fingerprint density at radius 3 is 2.63 bits per heavy atom. The number of hydrogen-bond acceptors (Lipinski definition) is 7. The molecule has 0 unspecified atom stereocenters. The fraction of sp³-hybridized carbons (Fsp3) is 0.158. The van der Waals surface area contributed by atoms with Crippen LogP contribution in [0, 0.1) is 10.1 Å². The Hall–Kier alpha value is -3.52. The van der Waals surface area contributed by atoms with Crippen molar-refractivity contribution in [1.82, 2.24) is 4.90 Å². The number of nitrogens with two attached hydrogens (primary N) is 1. The molecule has 3 aromatic rings. The molecule has 3 N–H and O–H groups in total. The van der Waals surface area contributed by atoms with Crippen LogP contribution in [0.5, 0.6) is 5.75 Å². The van der Waals surface area contributed by atoms with Gasteiger partial charge in [0, 0.05) is 23.7 Å². The van der Waals surface area contributed by atoms with Gasteiger partial charge in [-0.25, -0.2) is 0 Å². The number of nitrogens with zero attached hydrogens (tertiary/aromatic N) is 4. The van der Waals surface area contributed by atoms with Crippen molar-refractivity contribution in [1.29, 1.82) is 0 Å². The van der Waals surface area contributed by atoms with Crippen LogP contribution in [0.3, 0.4) is 0 Å². The Balaban J connectivity index is 2.16. The topological polar surface area (TPSA) is 117 Å². The lowest BCUT2D eigenvalue weighted by molar-refractivity contribution is -0.384. The van der Waals surface area contributed by atoms with Crippen molar-refractivity contribution in [2.24, 2.45) is 10.2 Å². The van der Waals surface area contributed by atoms with Gasteiger partial charge in [-0.05, 0) is 43.2 Å². The number of nitrogen functional groups attached to an aromatic ring is 1. The number of nitro benzene ring substituents is 1. The molecule has 0 aromatic heterocycles. The summed E-state index contributed by atoms with van der Waals surface area (Å²) in [5.74, 6) is -0.0458. The van der Waals surface area contributed by atoms with Gasteiger partial charge < -0.3 is 15.7 Å². The quantitative estimate of drug-likeness (QED) is 0.298. The molecule has 0 aliphatic carbocycles. The van der Waals surface area contributed by atoms with Gasteiger partial charge in [0.2, 0.25) is 0 Å². The molecule has 0 aliphatic heterocycles. The third-order valence-electron chi connectivity index (χ3n) is 4.02. The number of azo groups is 1. The molecule has 138 valence electrons. The number of rotatable bonds is 5. The van der Waals surface area contributed by atoms with Gasteiger partial charge >= 0.3 is 0 Å². The lowest BCUT2D eigenvalue weighted by Gasteiger charge is -2.14. The third-order valence-corrected chi connectivity index (χ3v) is 4.02. The molecule has 8 nitrogen and oxygen atoms in total. The first-order valence-corrected chi connectivity index (χ1v) is 8.21.